The molecule has 0 bridgehead atoms. The second-order valence-corrected chi connectivity index (χ2v) is 4.84. The maximum Gasteiger partial charge on any atom is 0.255 e. The van der Waals surface area contributed by atoms with Crippen LogP contribution in [0.3, 0.4) is 0 Å². The number of aromatic nitrogens is 1. The number of Topliss-reactive ketones (excluding diaryl/α,β-unsaturated/α-hetero) is 1. The van der Waals surface area contributed by atoms with Gasteiger partial charge in [0.05, 0.1) is 6.10 Å². The summed E-state index contributed by atoms with van der Waals surface area (Å²) in [4.78, 5) is 23.3. The molecular weight excluding hydrogens is 254 g/mol. The van der Waals surface area contributed by atoms with E-state index in [1.165, 1.54) is 23.6 Å². The first kappa shape index (κ1) is 14.1. The zero-order valence-electron chi connectivity index (χ0n) is 11.8. The summed E-state index contributed by atoms with van der Waals surface area (Å²) in [5.41, 5.74) is 1.04. The quantitative estimate of drug-likeness (QED) is 0.803. The molecule has 0 saturated heterocycles. The van der Waals surface area contributed by atoms with E-state index >= 15 is 0 Å². The standard InChI is InChI=1S/C16H17NO3/c1-11(2)20-15-7-5-14(6-8-15)17-10-13(12(3)18)4-9-16(17)19/h4-11H,1-3H3. The molecule has 20 heavy (non-hydrogen) atoms. The van der Waals surface area contributed by atoms with Crippen LogP contribution in [0, 0.1) is 0 Å². The Labute approximate surface area is 117 Å². The fourth-order valence-corrected chi connectivity index (χ4v) is 1.85. The number of benzene rings is 1. The Hall–Kier alpha value is -2.36. The minimum absolute atomic E-state index is 0.0708. The van der Waals surface area contributed by atoms with Crippen LogP contribution in [-0.4, -0.2) is 16.5 Å². The highest BCUT2D eigenvalue weighted by molar-refractivity contribution is 5.93. The van der Waals surface area contributed by atoms with Crippen LogP contribution in [0.15, 0.2) is 47.4 Å². The highest BCUT2D eigenvalue weighted by atomic mass is 16.5. The number of ketones is 1. The van der Waals surface area contributed by atoms with E-state index in [-0.39, 0.29) is 17.4 Å². The highest BCUT2D eigenvalue weighted by Gasteiger charge is 2.05. The average Bonchev–Trinajstić information content (AvgIpc) is 2.39. The Balaban J connectivity index is 2.38. The topological polar surface area (TPSA) is 48.3 Å². The molecule has 0 aliphatic rings. The molecule has 0 fully saturated rings. The van der Waals surface area contributed by atoms with Crippen molar-refractivity contribution in [3.05, 3.63) is 58.5 Å². The van der Waals surface area contributed by atoms with Gasteiger partial charge >= 0.3 is 0 Å². The first-order chi connectivity index (χ1) is 9.47. The number of carbonyl (C=O) groups is 1. The summed E-state index contributed by atoms with van der Waals surface area (Å²) in [6.45, 7) is 5.38. The van der Waals surface area contributed by atoms with Crippen molar-refractivity contribution in [2.75, 3.05) is 0 Å². The van der Waals surface area contributed by atoms with Crippen LogP contribution in [-0.2, 0) is 0 Å². The lowest BCUT2D eigenvalue weighted by Gasteiger charge is -2.11. The maximum absolute atomic E-state index is 11.9. The number of rotatable bonds is 4. The minimum atomic E-state index is -0.174. The summed E-state index contributed by atoms with van der Waals surface area (Å²) in [5.74, 6) is 0.679. The summed E-state index contributed by atoms with van der Waals surface area (Å²) in [6, 6.07) is 10.1. The molecule has 4 nitrogen and oxygen atoms in total. The lowest BCUT2D eigenvalue weighted by molar-refractivity contribution is 0.101. The predicted molar refractivity (Wildman–Crippen MR) is 77.8 cm³/mol. The van der Waals surface area contributed by atoms with Crippen molar-refractivity contribution in [2.24, 2.45) is 0 Å². The number of nitrogens with zero attached hydrogens (tertiary/aromatic N) is 1. The Morgan fingerprint density at radius 3 is 2.30 bits per heavy atom. The van der Waals surface area contributed by atoms with Crippen molar-refractivity contribution in [1.29, 1.82) is 0 Å². The SMILES string of the molecule is CC(=O)c1ccc(=O)n(-c2ccc(OC(C)C)cc2)c1. The van der Waals surface area contributed by atoms with Gasteiger partial charge in [-0.1, -0.05) is 0 Å². The second-order valence-electron chi connectivity index (χ2n) is 4.84. The Bertz CT molecular complexity index is 669. The largest absolute Gasteiger partial charge is 0.491 e. The fourth-order valence-electron chi connectivity index (χ4n) is 1.85. The van der Waals surface area contributed by atoms with Gasteiger partial charge in [-0.3, -0.25) is 14.2 Å². The van der Waals surface area contributed by atoms with Gasteiger partial charge in [-0.05, 0) is 51.1 Å². The number of ether oxygens (including phenoxy) is 1. The van der Waals surface area contributed by atoms with E-state index in [2.05, 4.69) is 0 Å². The van der Waals surface area contributed by atoms with Crippen LogP contribution in [0.25, 0.3) is 5.69 Å². The first-order valence-electron chi connectivity index (χ1n) is 6.48. The zero-order chi connectivity index (χ0) is 14.7. The molecule has 2 aromatic rings. The van der Waals surface area contributed by atoms with Crippen LogP contribution in [0.5, 0.6) is 5.75 Å². The smallest absolute Gasteiger partial charge is 0.255 e. The van der Waals surface area contributed by atoms with E-state index in [1.54, 1.807) is 18.3 Å². The molecule has 0 aliphatic carbocycles. The number of hydrogen-bond acceptors (Lipinski definition) is 3. The second kappa shape index (κ2) is 5.74. The molecule has 0 spiro atoms. The van der Waals surface area contributed by atoms with Gasteiger partial charge in [0.15, 0.2) is 5.78 Å². The van der Waals surface area contributed by atoms with E-state index in [0.717, 1.165) is 5.75 Å². The summed E-state index contributed by atoms with van der Waals surface area (Å²) in [5, 5.41) is 0. The van der Waals surface area contributed by atoms with Gasteiger partial charge in [0.25, 0.3) is 5.56 Å². The monoisotopic (exact) mass is 271 g/mol. The zero-order valence-corrected chi connectivity index (χ0v) is 11.8. The van der Waals surface area contributed by atoms with Crippen molar-refractivity contribution < 1.29 is 9.53 Å². The molecule has 104 valence electrons. The summed E-state index contributed by atoms with van der Waals surface area (Å²) in [6.07, 6.45) is 1.66. The van der Waals surface area contributed by atoms with Gasteiger partial charge in [-0.15, -0.1) is 0 Å². The normalized spacial score (nSPS) is 10.6. The third-order valence-electron chi connectivity index (χ3n) is 2.80. The molecule has 1 heterocycles. The Kier molecular flexibility index (Phi) is 4.03. The van der Waals surface area contributed by atoms with Gasteiger partial charge in [-0.2, -0.15) is 0 Å². The number of pyridine rings is 1. The predicted octanol–water partition coefficient (Wildman–Crippen LogP) is 2.83. The summed E-state index contributed by atoms with van der Waals surface area (Å²) in [7, 11) is 0. The van der Waals surface area contributed by atoms with Crippen LogP contribution in [0.2, 0.25) is 0 Å². The van der Waals surface area contributed by atoms with Crippen molar-refractivity contribution in [3.8, 4) is 11.4 Å². The van der Waals surface area contributed by atoms with E-state index in [0.29, 0.717) is 11.3 Å². The molecule has 0 radical (unpaired) electrons. The average molecular weight is 271 g/mol. The van der Waals surface area contributed by atoms with Crippen molar-refractivity contribution >= 4 is 5.78 Å². The van der Waals surface area contributed by atoms with Crippen molar-refractivity contribution in [2.45, 2.75) is 26.9 Å². The van der Waals surface area contributed by atoms with E-state index in [9.17, 15) is 9.59 Å². The van der Waals surface area contributed by atoms with Crippen LogP contribution < -0.4 is 10.3 Å². The fraction of sp³-hybridized carbons (Fsp3) is 0.250. The Morgan fingerprint density at radius 1 is 1.10 bits per heavy atom. The van der Waals surface area contributed by atoms with Gasteiger partial charge in [-0.25, -0.2) is 0 Å². The van der Waals surface area contributed by atoms with E-state index in [4.69, 9.17) is 4.74 Å². The van der Waals surface area contributed by atoms with Crippen LogP contribution in [0.4, 0.5) is 0 Å². The maximum atomic E-state index is 11.9. The molecule has 4 heteroatoms. The van der Waals surface area contributed by atoms with Gasteiger partial charge < -0.3 is 4.74 Å². The lowest BCUT2D eigenvalue weighted by atomic mass is 10.2. The van der Waals surface area contributed by atoms with E-state index < -0.39 is 0 Å². The minimum Gasteiger partial charge on any atom is -0.491 e. The van der Waals surface area contributed by atoms with Crippen LogP contribution >= 0.6 is 0 Å². The molecule has 2 rings (SSSR count). The molecule has 0 aliphatic heterocycles. The van der Waals surface area contributed by atoms with E-state index in [1.807, 2.05) is 26.0 Å². The van der Waals surface area contributed by atoms with Crippen LogP contribution in [0.1, 0.15) is 31.1 Å². The molecule has 0 atom stereocenters. The molecule has 1 aromatic carbocycles. The highest BCUT2D eigenvalue weighted by Crippen LogP contribution is 2.16. The number of carbonyl (C=O) groups excluding carboxylic acids is 1. The summed E-state index contributed by atoms with van der Waals surface area (Å²) < 4.78 is 7.01. The third kappa shape index (κ3) is 3.15. The molecule has 0 unspecified atom stereocenters. The molecule has 0 N–H and O–H groups in total. The van der Waals surface area contributed by atoms with Crippen molar-refractivity contribution in [1.82, 2.24) is 4.57 Å². The first-order valence-corrected chi connectivity index (χ1v) is 6.48. The molecule has 1 aromatic heterocycles. The summed E-state index contributed by atoms with van der Waals surface area (Å²) >= 11 is 0. The molecular formula is C16H17NO3. The Morgan fingerprint density at radius 2 is 1.75 bits per heavy atom. The number of hydrogen-bond donors (Lipinski definition) is 0. The van der Waals surface area contributed by atoms with Gasteiger partial charge in [0.2, 0.25) is 0 Å². The van der Waals surface area contributed by atoms with Gasteiger partial charge in [0.1, 0.15) is 5.75 Å². The molecule has 0 amide bonds. The van der Waals surface area contributed by atoms with Gasteiger partial charge in [0, 0.05) is 23.5 Å². The third-order valence-corrected chi connectivity index (χ3v) is 2.80. The van der Waals surface area contributed by atoms with Crippen molar-refractivity contribution in [3.63, 3.8) is 0 Å². The molecule has 0 saturated carbocycles. The lowest BCUT2D eigenvalue weighted by Crippen LogP contribution is -2.18.